The first-order chi connectivity index (χ1) is 8.22. The van der Waals surface area contributed by atoms with Gasteiger partial charge in [-0.2, -0.15) is 13.2 Å². The maximum atomic E-state index is 12.6. The second-order valence-electron chi connectivity index (χ2n) is 6.39. The molecule has 0 amide bonds. The van der Waals surface area contributed by atoms with E-state index in [4.69, 9.17) is 0 Å². The predicted octanol–water partition coefficient (Wildman–Crippen LogP) is 2.81. The van der Waals surface area contributed by atoms with E-state index in [1.54, 1.807) is 0 Å². The summed E-state index contributed by atoms with van der Waals surface area (Å²) in [5.74, 6) is -1.15. The van der Waals surface area contributed by atoms with E-state index in [1.807, 2.05) is 13.8 Å². The molecule has 2 atom stereocenters. The molecule has 1 N–H and O–H groups in total. The molecular formula is C13H22F3NO. The third-order valence-corrected chi connectivity index (χ3v) is 4.71. The zero-order valence-electron chi connectivity index (χ0n) is 11.0. The molecule has 0 aromatic carbocycles. The number of aliphatic hydroxyl groups is 1. The number of hydrogen-bond acceptors (Lipinski definition) is 2. The molecule has 1 saturated heterocycles. The van der Waals surface area contributed by atoms with Crippen LogP contribution < -0.4 is 0 Å². The van der Waals surface area contributed by atoms with E-state index in [0.29, 0.717) is 13.1 Å². The molecule has 0 radical (unpaired) electrons. The van der Waals surface area contributed by atoms with Gasteiger partial charge in [0.1, 0.15) is 0 Å². The van der Waals surface area contributed by atoms with Crippen LogP contribution in [0.25, 0.3) is 0 Å². The van der Waals surface area contributed by atoms with Gasteiger partial charge in [0, 0.05) is 6.04 Å². The second kappa shape index (κ2) is 4.67. The molecular weight excluding hydrogens is 243 g/mol. The summed E-state index contributed by atoms with van der Waals surface area (Å²) < 4.78 is 37.7. The predicted molar refractivity (Wildman–Crippen MR) is 63.2 cm³/mol. The fourth-order valence-corrected chi connectivity index (χ4v) is 3.29. The van der Waals surface area contributed by atoms with Crippen LogP contribution in [0.3, 0.4) is 0 Å². The lowest BCUT2D eigenvalue weighted by Crippen LogP contribution is -2.49. The molecule has 2 aliphatic rings. The molecule has 18 heavy (non-hydrogen) atoms. The quantitative estimate of drug-likeness (QED) is 0.788. The number of halogens is 3. The minimum absolute atomic E-state index is 0.0502. The highest BCUT2D eigenvalue weighted by atomic mass is 19.4. The van der Waals surface area contributed by atoms with Gasteiger partial charge in [0.25, 0.3) is 0 Å². The first-order valence-corrected chi connectivity index (χ1v) is 6.70. The Morgan fingerprint density at radius 2 is 1.67 bits per heavy atom. The monoisotopic (exact) mass is 265 g/mol. The van der Waals surface area contributed by atoms with Crippen LogP contribution in [0.1, 0.15) is 39.5 Å². The van der Waals surface area contributed by atoms with Crippen LogP contribution in [0, 0.1) is 11.3 Å². The molecule has 2 unspecified atom stereocenters. The van der Waals surface area contributed by atoms with E-state index in [1.165, 1.54) is 0 Å². The highest BCUT2D eigenvalue weighted by Crippen LogP contribution is 2.42. The Morgan fingerprint density at radius 3 is 2.06 bits per heavy atom. The first kappa shape index (κ1) is 14.1. The van der Waals surface area contributed by atoms with Crippen LogP contribution in [-0.2, 0) is 0 Å². The highest BCUT2D eigenvalue weighted by Gasteiger charge is 2.46. The van der Waals surface area contributed by atoms with Crippen molar-refractivity contribution in [2.75, 3.05) is 13.1 Å². The number of likely N-dealkylation sites (tertiary alicyclic amines) is 1. The molecule has 0 aromatic rings. The van der Waals surface area contributed by atoms with Crippen LogP contribution in [0.4, 0.5) is 13.2 Å². The summed E-state index contributed by atoms with van der Waals surface area (Å²) in [7, 11) is 0. The molecule has 2 rings (SSSR count). The topological polar surface area (TPSA) is 23.5 Å². The molecule has 1 saturated carbocycles. The van der Waals surface area contributed by atoms with Crippen LogP contribution in [0.2, 0.25) is 0 Å². The van der Waals surface area contributed by atoms with Crippen LogP contribution in [0.5, 0.6) is 0 Å². The minimum Gasteiger partial charge on any atom is -0.391 e. The van der Waals surface area contributed by atoms with Crippen molar-refractivity contribution >= 4 is 0 Å². The molecule has 106 valence electrons. The van der Waals surface area contributed by atoms with Gasteiger partial charge in [0.15, 0.2) is 0 Å². The Labute approximate surface area is 106 Å². The SMILES string of the molecule is CC1(C)CCC(N2CCC(C(F)(F)F)CC2)C1O. The van der Waals surface area contributed by atoms with Crippen molar-refractivity contribution in [3.63, 3.8) is 0 Å². The molecule has 2 nitrogen and oxygen atoms in total. The Hall–Kier alpha value is -0.290. The number of piperidine rings is 1. The maximum absolute atomic E-state index is 12.6. The lowest BCUT2D eigenvalue weighted by molar-refractivity contribution is -0.187. The maximum Gasteiger partial charge on any atom is 0.391 e. The number of alkyl halides is 3. The number of aliphatic hydroxyl groups excluding tert-OH is 1. The van der Waals surface area contributed by atoms with E-state index in [0.717, 1.165) is 12.8 Å². The molecule has 5 heteroatoms. The average molecular weight is 265 g/mol. The van der Waals surface area contributed by atoms with Crippen LogP contribution in [-0.4, -0.2) is 41.4 Å². The highest BCUT2D eigenvalue weighted by molar-refractivity contribution is 4.97. The summed E-state index contributed by atoms with van der Waals surface area (Å²) in [5.41, 5.74) is -0.106. The lowest BCUT2D eigenvalue weighted by Gasteiger charge is -2.39. The van der Waals surface area contributed by atoms with E-state index < -0.39 is 18.2 Å². The third kappa shape index (κ3) is 2.67. The molecule has 0 spiro atoms. The smallest absolute Gasteiger partial charge is 0.391 e. The van der Waals surface area contributed by atoms with Crippen molar-refractivity contribution in [2.45, 2.75) is 57.9 Å². The zero-order chi connectivity index (χ0) is 13.6. The first-order valence-electron chi connectivity index (χ1n) is 6.70. The van der Waals surface area contributed by atoms with Gasteiger partial charge < -0.3 is 5.11 Å². The van der Waals surface area contributed by atoms with Gasteiger partial charge in [-0.25, -0.2) is 0 Å². The van der Waals surface area contributed by atoms with Crippen LogP contribution in [0.15, 0.2) is 0 Å². The summed E-state index contributed by atoms with van der Waals surface area (Å²) in [6.07, 6.45) is -2.29. The van der Waals surface area contributed by atoms with Crippen molar-refractivity contribution in [1.29, 1.82) is 0 Å². The Bertz CT molecular complexity index is 295. The largest absolute Gasteiger partial charge is 0.391 e. The lowest BCUT2D eigenvalue weighted by atomic mass is 9.88. The van der Waals surface area contributed by atoms with Crippen molar-refractivity contribution in [2.24, 2.45) is 11.3 Å². The molecule has 0 aromatic heterocycles. The van der Waals surface area contributed by atoms with Crippen molar-refractivity contribution in [1.82, 2.24) is 4.90 Å². The summed E-state index contributed by atoms with van der Waals surface area (Å²) in [6.45, 7) is 4.98. The van der Waals surface area contributed by atoms with Gasteiger partial charge in [-0.15, -0.1) is 0 Å². The van der Waals surface area contributed by atoms with E-state index >= 15 is 0 Å². The van der Waals surface area contributed by atoms with Crippen LogP contribution >= 0.6 is 0 Å². The second-order valence-corrected chi connectivity index (χ2v) is 6.39. The average Bonchev–Trinajstić information content (AvgIpc) is 2.53. The van der Waals surface area contributed by atoms with Crippen molar-refractivity contribution < 1.29 is 18.3 Å². The molecule has 2 fully saturated rings. The van der Waals surface area contributed by atoms with Gasteiger partial charge in [0.05, 0.1) is 12.0 Å². The van der Waals surface area contributed by atoms with E-state index in [2.05, 4.69) is 4.90 Å². The summed E-state index contributed by atoms with van der Waals surface area (Å²) in [4.78, 5) is 2.06. The minimum atomic E-state index is -4.06. The Balaban J connectivity index is 1.91. The molecule has 1 aliphatic carbocycles. The van der Waals surface area contributed by atoms with Gasteiger partial charge in [-0.3, -0.25) is 4.90 Å². The van der Waals surface area contributed by atoms with Crippen molar-refractivity contribution in [3.8, 4) is 0 Å². The van der Waals surface area contributed by atoms with Gasteiger partial charge >= 0.3 is 6.18 Å². The summed E-state index contributed by atoms with van der Waals surface area (Å²) >= 11 is 0. The summed E-state index contributed by atoms with van der Waals surface area (Å²) in [6, 6.07) is 0.0502. The number of hydrogen-bond donors (Lipinski definition) is 1. The third-order valence-electron chi connectivity index (χ3n) is 4.71. The van der Waals surface area contributed by atoms with E-state index in [-0.39, 0.29) is 24.3 Å². The van der Waals surface area contributed by atoms with Gasteiger partial charge in [-0.1, -0.05) is 13.8 Å². The summed E-state index contributed by atoms with van der Waals surface area (Å²) in [5, 5.41) is 10.2. The molecule has 0 bridgehead atoms. The number of nitrogens with zero attached hydrogens (tertiary/aromatic N) is 1. The molecule has 1 heterocycles. The Morgan fingerprint density at radius 1 is 1.11 bits per heavy atom. The van der Waals surface area contributed by atoms with Gasteiger partial charge in [0.2, 0.25) is 0 Å². The standard InChI is InChI=1S/C13H22F3NO/c1-12(2)6-3-10(11(12)18)17-7-4-9(5-8-17)13(14,15)16/h9-11,18H,3-8H2,1-2H3. The Kier molecular flexibility index (Phi) is 3.67. The fourth-order valence-electron chi connectivity index (χ4n) is 3.29. The number of rotatable bonds is 1. The fraction of sp³-hybridized carbons (Fsp3) is 1.00. The normalized spacial score (nSPS) is 35.0. The van der Waals surface area contributed by atoms with Gasteiger partial charge in [-0.05, 0) is 44.2 Å². The zero-order valence-corrected chi connectivity index (χ0v) is 11.0. The van der Waals surface area contributed by atoms with E-state index in [9.17, 15) is 18.3 Å². The molecule has 1 aliphatic heterocycles. The van der Waals surface area contributed by atoms with Crippen molar-refractivity contribution in [3.05, 3.63) is 0 Å².